The molecule has 2 heterocycles. The summed E-state index contributed by atoms with van der Waals surface area (Å²) in [7, 11) is -3.91. The van der Waals surface area contributed by atoms with Gasteiger partial charge in [-0.1, -0.05) is 37.4 Å². The highest BCUT2D eigenvalue weighted by Crippen LogP contribution is 2.42. The van der Waals surface area contributed by atoms with Crippen LogP contribution in [0.1, 0.15) is 86.2 Å². The predicted molar refractivity (Wildman–Crippen MR) is 170 cm³/mol. The number of carboxylic acids is 1. The van der Waals surface area contributed by atoms with Gasteiger partial charge in [-0.25, -0.2) is 17.9 Å². The summed E-state index contributed by atoms with van der Waals surface area (Å²) in [5.74, 6) is -0.523. The summed E-state index contributed by atoms with van der Waals surface area (Å²) in [4.78, 5) is 27.0. The van der Waals surface area contributed by atoms with E-state index in [1.807, 2.05) is 25.1 Å². The standard InChI is InChI=1S/C33H43ClN2O7S/c1-2-27-8-3-4-9-30(43-21-32(37)38)28-14-11-24(28)19-36-16-6-5-7-22-17-26(34)13-10-25(22)20-42-31-15-12-23(18-29(31)36)33(39)35-44(27,40)41/h10,12-13,15,17-18,24,27-28,30H,2-9,11,14,16,19-21H2,1H3,(H,35,39)(H,37,38)/t24-,27+,28+,30-/m0/s1. The van der Waals surface area contributed by atoms with Crippen LogP contribution in [0.3, 0.4) is 0 Å². The normalized spacial score (nSPS) is 26.0. The first-order valence-corrected chi connectivity index (χ1v) is 17.8. The molecular formula is C33H43ClN2O7S. The number of carboxylic acid groups (broad SMARTS) is 1. The Morgan fingerprint density at radius 1 is 1.07 bits per heavy atom. The number of fused-ring (bicyclic) bond motifs is 3. The Bertz CT molecular complexity index is 1450. The SMILES string of the molecule is CC[C@@H]1CCCC[C@H](OCC(=O)O)[C@@H]2CC[C@H]2CN2CCCCc3cc(Cl)ccc3COc3ccc(cc32)C(=O)NS1(=O)=O. The Morgan fingerprint density at radius 3 is 2.64 bits per heavy atom. The lowest BCUT2D eigenvalue weighted by atomic mass is 9.69. The lowest BCUT2D eigenvalue weighted by Crippen LogP contribution is -2.45. The maximum Gasteiger partial charge on any atom is 0.329 e. The third-order valence-corrected chi connectivity index (χ3v) is 11.6. The summed E-state index contributed by atoms with van der Waals surface area (Å²) in [6, 6.07) is 11.0. The molecule has 1 amide bonds. The molecule has 44 heavy (non-hydrogen) atoms. The zero-order valence-electron chi connectivity index (χ0n) is 25.3. The molecule has 0 unspecified atom stereocenters. The van der Waals surface area contributed by atoms with Gasteiger partial charge in [0.1, 0.15) is 19.0 Å². The molecule has 240 valence electrons. The number of benzene rings is 2. The Labute approximate surface area is 265 Å². The molecule has 2 N–H and O–H groups in total. The minimum Gasteiger partial charge on any atom is -0.487 e. The largest absolute Gasteiger partial charge is 0.487 e. The van der Waals surface area contributed by atoms with Gasteiger partial charge >= 0.3 is 5.97 Å². The molecule has 5 rings (SSSR count). The van der Waals surface area contributed by atoms with E-state index in [1.165, 1.54) is 0 Å². The Hall–Kier alpha value is -2.82. The second kappa shape index (κ2) is 14.5. The molecule has 0 saturated heterocycles. The molecular weight excluding hydrogens is 604 g/mol. The van der Waals surface area contributed by atoms with Crippen LogP contribution in [0, 0.1) is 11.8 Å². The molecule has 4 atom stereocenters. The second-order valence-electron chi connectivity index (χ2n) is 12.3. The number of ether oxygens (including phenoxy) is 2. The molecule has 0 aromatic heterocycles. The first-order chi connectivity index (χ1) is 21.1. The van der Waals surface area contributed by atoms with Crippen LogP contribution in [0.25, 0.3) is 0 Å². The van der Waals surface area contributed by atoms with Gasteiger partial charge in [0.15, 0.2) is 0 Å². The van der Waals surface area contributed by atoms with Crippen molar-refractivity contribution in [1.82, 2.24) is 4.72 Å². The van der Waals surface area contributed by atoms with Crippen LogP contribution in [-0.2, 0) is 32.6 Å². The quantitative estimate of drug-likeness (QED) is 0.417. The summed E-state index contributed by atoms with van der Waals surface area (Å²) >= 11 is 6.31. The van der Waals surface area contributed by atoms with Gasteiger partial charge in [0.25, 0.3) is 5.91 Å². The second-order valence-corrected chi connectivity index (χ2v) is 14.7. The van der Waals surface area contributed by atoms with E-state index in [4.69, 9.17) is 21.1 Å². The third kappa shape index (κ3) is 7.87. The minimum atomic E-state index is -3.91. The molecule has 2 aliphatic heterocycles. The van der Waals surface area contributed by atoms with Crippen molar-refractivity contribution in [2.45, 2.75) is 89.1 Å². The maximum atomic E-state index is 13.4. The number of hydrogen-bond donors (Lipinski definition) is 2. The van der Waals surface area contributed by atoms with Gasteiger partial charge in [0.05, 0.1) is 17.0 Å². The Morgan fingerprint density at radius 2 is 1.89 bits per heavy atom. The molecule has 3 aliphatic rings. The number of carbonyl (C=O) groups excluding carboxylic acids is 1. The van der Waals surface area contributed by atoms with E-state index >= 15 is 0 Å². The monoisotopic (exact) mass is 646 g/mol. The summed E-state index contributed by atoms with van der Waals surface area (Å²) in [6.07, 6.45) is 7.28. The van der Waals surface area contributed by atoms with E-state index < -0.39 is 27.1 Å². The first-order valence-electron chi connectivity index (χ1n) is 15.8. The highest BCUT2D eigenvalue weighted by Gasteiger charge is 2.39. The number of nitrogens with zero attached hydrogens (tertiary/aromatic N) is 1. The van der Waals surface area contributed by atoms with Crippen molar-refractivity contribution in [3.8, 4) is 5.75 Å². The van der Waals surface area contributed by atoms with E-state index in [-0.39, 0.29) is 30.1 Å². The molecule has 2 aromatic carbocycles. The van der Waals surface area contributed by atoms with Crippen molar-refractivity contribution in [2.24, 2.45) is 11.8 Å². The average molecular weight is 647 g/mol. The highest BCUT2D eigenvalue weighted by atomic mass is 35.5. The maximum absolute atomic E-state index is 13.4. The summed E-state index contributed by atoms with van der Waals surface area (Å²) in [5.41, 5.74) is 3.22. The van der Waals surface area contributed by atoms with E-state index in [9.17, 15) is 23.1 Å². The number of anilines is 1. The number of nitrogens with one attached hydrogen (secondary N) is 1. The number of rotatable bonds is 4. The third-order valence-electron chi connectivity index (χ3n) is 9.46. The predicted octanol–water partition coefficient (Wildman–Crippen LogP) is 5.97. The lowest BCUT2D eigenvalue weighted by Gasteiger charge is -2.44. The minimum absolute atomic E-state index is 0.202. The van der Waals surface area contributed by atoms with E-state index in [2.05, 4.69) is 9.62 Å². The van der Waals surface area contributed by atoms with Gasteiger partial charge in [0, 0.05) is 23.7 Å². The van der Waals surface area contributed by atoms with Crippen LogP contribution >= 0.6 is 11.6 Å². The topological polar surface area (TPSA) is 122 Å². The van der Waals surface area contributed by atoms with Crippen LogP contribution < -0.4 is 14.4 Å². The van der Waals surface area contributed by atoms with E-state index in [0.717, 1.165) is 61.9 Å². The fourth-order valence-electron chi connectivity index (χ4n) is 6.84. The summed E-state index contributed by atoms with van der Waals surface area (Å²) in [5, 5.41) is 9.33. The number of amides is 1. The molecule has 11 heteroatoms. The average Bonchev–Trinajstić information content (AvgIpc) is 3.00. The summed E-state index contributed by atoms with van der Waals surface area (Å²) < 4.78 is 41.2. The number of carbonyl (C=O) groups is 2. The molecule has 0 radical (unpaired) electrons. The van der Waals surface area contributed by atoms with E-state index in [1.54, 1.807) is 18.2 Å². The van der Waals surface area contributed by atoms with Gasteiger partial charge in [-0.05, 0) is 105 Å². The van der Waals surface area contributed by atoms with Crippen molar-refractivity contribution in [3.05, 3.63) is 58.1 Å². The summed E-state index contributed by atoms with van der Waals surface area (Å²) in [6.45, 7) is 3.22. The molecule has 1 fully saturated rings. The number of hydrogen-bond acceptors (Lipinski definition) is 7. The first kappa shape index (κ1) is 32.6. The van der Waals surface area contributed by atoms with Crippen LogP contribution in [0.5, 0.6) is 5.75 Å². The highest BCUT2D eigenvalue weighted by molar-refractivity contribution is 7.90. The van der Waals surface area contributed by atoms with Crippen molar-refractivity contribution in [3.63, 3.8) is 0 Å². The van der Waals surface area contributed by atoms with Gasteiger partial charge in [-0.3, -0.25) is 4.79 Å². The number of aryl methyl sites for hydroxylation is 1. The fraction of sp³-hybridized carbons (Fsp3) is 0.576. The van der Waals surface area contributed by atoms with Crippen molar-refractivity contribution >= 4 is 39.2 Å². The lowest BCUT2D eigenvalue weighted by molar-refractivity contribution is -0.148. The van der Waals surface area contributed by atoms with Crippen LogP contribution in [-0.4, -0.2) is 56.5 Å². The van der Waals surface area contributed by atoms with Crippen LogP contribution in [0.4, 0.5) is 5.69 Å². The number of aliphatic carboxylic acids is 1. The molecule has 2 aromatic rings. The molecule has 9 nitrogen and oxygen atoms in total. The van der Waals surface area contributed by atoms with Crippen LogP contribution in [0.15, 0.2) is 36.4 Å². The zero-order chi connectivity index (χ0) is 31.3. The number of sulfonamides is 1. The van der Waals surface area contributed by atoms with Crippen molar-refractivity contribution in [2.75, 3.05) is 24.6 Å². The van der Waals surface area contributed by atoms with E-state index in [0.29, 0.717) is 49.6 Å². The van der Waals surface area contributed by atoms with Crippen molar-refractivity contribution in [1.29, 1.82) is 0 Å². The smallest absolute Gasteiger partial charge is 0.329 e. The zero-order valence-corrected chi connectivity index (χ0v) is 26.9. The molecule has 0 spiro atoms. The Kier molecular flexibility index (Phi) is 10.7. The number of halogens is 1. The van der Waals surface area contributed by atoms with Crippen molar-refractivity contribution < 1.29 is 32.6 Å². The molecule has 2 bridgehead atoms. The van der Waals surface area contributed by atoms with Gasteiger partial charge in [-0.15, -0.1) is 0 Å². The molecule has 1 aliphatic carbocycles. The van der Waals surface area contributed by atoms with Crippen LogP contribution in [0.2, 0.25) is 5.02 Å². The van der Waals surface area contributed by atoms with Gasteiger partial charge < -0.3 is 19.5 Å². The Balaban J connectivity index is 1.52. The van der Waals surface area contributed by atoms with Gasteiger partial charge in [-0.2, -0.15) is 0 Å². The fourth-order valence-corrected chi connectivity index (χ4v) is 8.49. The van der Waals surface area contributed by atoms with Gasteiger partial charge in [0.2, 0.25) is 10.0 Å². The molecule has 1 saturated carbocycles.